The molecule has 8 aromatic rings. The van der Waals surface area contributed by atoms with E-state index >= 15 is 0 Å². The standard InChI is InChI=1S/C41H33NO6S3.C17H22O5.C16H22O4.C15H18O5.C14H18O4.6H2/c1-4-5-6-7-8-9-10-31-19-22-34(49-31)35-23-24-36(50-35)39-42-37-32(47-40(45)29-15-11-27(12-16-29)25(2)43)20-21-33(38(37)51-39)48-41(46)30-17-13-28(14-18-30)26(3)44;1-3-16(18)21-12-6-4-5-7-13-22-17(19)14-8-10-15(20-2)11-9-14;1-3-16(17)20-13-7-5-4-6-12-19-15-10-8-14(18-2)9-11-15;1-3-14(16)19-10-4-5-11-20-15(17)12-6-8-13(18-2)9-7-12;1-3-14(15)18-11-5-4-10-17-13-8-6-12(16-2)7-9-13;;;;;;/h1,19-24,27-30H,11-18H2,2-3H3;3,8-11H,1,4-7,12-13H2,2H3;3,8-11H,1,4-7,12-13H2,2H3;3,6-9H,1,4-5,10-11H2,2H3;3,6-9H,1,4-5,10-11H2,2H3;6*1H. The number of rotatable bonds is 44. The van der Waals surface area contributed by atoms with Gasteiger partial charge in [-0.05, 0) is 317 Å². The first-order chi connectivity index (χ1) is 63.5. The zero-order valence-corrected chi connectivity index (χ0v) is 77.4. The van der Waals surface area contributed by atoms with Gasteiger partial charge in [-0.15, -0.1) is 40.4 Å². The number of ether oxygens (including phenoxy) is 14. The summed E-state index contributed by atoms with van der Waals surface area (Å²) in [6, 6.07) is 39.7. The molecule has 25 nitrogen and oxygen atoms in total. The van der Waals surface area contributed by atoms with Crippen LogP contribution in [0.2, 0.25) is 0 Å². The van der Waals surface area contributed by atoms with Crippen molar-refractivity contribution in [1.29, 1.82) is 0 Å². The van der Waals surface area contributed by atoms with E-state index in [1.54, 1.807) is 126 Å². The Balaban J connectivity index is 0.00000182. The molecule has 0 radical (unpaired) electrons. The minimum absolute atomic E-state index is 0. The SMILES string of the molecule is C#CC#CC#CC#Cc1ccc(-c2ccc(-c3nc4c(OC(=O)C5CCC(C(C)=O)CC5)ccc(OC(=O)C5CCC(C(C)=O)CC5)c4s3)s2)s1.C=CC(=O)OCCCCCCOC(=O)c1ccc(OC)cc1.C=CC(=O)OCCCCCCOc1ccc(OC)cc1.C=CC(=O)OCCCCOC(=O)c1ccc(OC)cc1.C=CC(=O)OCCCCOc1ccc(OC)cc1.[HH].[HH].[HH].[HH].[HH].[HH]. The molecule has 5 aromatic carbocycles. The Morgan fingerprint density at radius 2 is 0.687 bits per heavy atom. The van der Waals surface area contributed by atoms with Crippen LogP contribution in [0.15, 0.2) is 184 Å². The van der Waals surface area contributed by atoms with Crippen LogP contribution in [0, 0.1) is 71.5 Å². The highest BCUT2D eigenvalue weighted by atomic mass is 32.1. The van der Waals surface area contributed by atoms with E-state index in [1.807, 2.05) is 72.8 Å². The summed E-state index contributed by atoms with van der Waals surface area (Å²) in [6.45, 7) is 20.0. The Hall–Kier alpha value is -13.5. The fraction of sp³-hybridized carbons (Fsp3) is 0.369. The zero-order chi connectivity index (χ0) is 94.8. The van der Waals surface area contributed by atoms with Crippen molar-refractivity contribution in [2.45, 2.75) is 142 Å². The van der Waals surface area contributed by atoms with Gasteiger partial charge in [0, 0.05) is 54.5 Å². The molecule has 0 saturated heterocycles. The van der Waals surface area contributed by atoms with Gasteiger partial charge in [-0.25, -0.2) is 33.8 Å². The minimum Gasteiger partial charge on any atom is -0.497 e. The molecule has 3 aromatic heterocycles. The zero-order valence-electron chi connectivity index (χ0n) is 75.0. The van der Waals surface area contributed by atoms with Gasteiger partial charge < -0.3 is 66.3 Å². The van der Waals surface area contributed by atoms with Gasteiger partial charge in [-0.2, -0.15) is 0 Å². The molecule has 704 valence electrons. The molecule has 28 heteroatoms. The van der Waals surface area contributed by atoms with Gasteiger partial charge in [-0.1, -0.05) is 26.3 Å². The van der Waals surface area contributed by atoms with Crippen LogP contribution in [0.4, 0.5) is 0 Å². The molecule has 0 spiro atoms. The predicted octanol–water partition coefficient (Wildman–Crippen LogP) is 21.3. The summed E-state index contributed by atoms with van der Waals surface area (Å²) in [5, 5.41) is 0.700. The lowest BCUT2D eigenvalue weighted by Gasteiger charge is -2.25. The van der Waals surface area contributed by atoms with E-state index in [9.17, 15) is 47.9 Å². The number of esters is 8. The maximum atomic E-state index is 13.3. The number of unbranched alkanes of at least 4 members (excludes halogenated alkanes) is 8. The molecule has 2 saturated carbocycles. The van der Waals surface area contributed by atoms with Crippen LogP contribution in [0.3, 0.4) is 0 Å². The molecule has 0 atom stereocenters. The van der Waals surface area contributed by atoms with Crippen molar-refractivity contribution in [2.75, 3.05) is 81.3 Å². The van der Waals surface area contributed by atoms with Crippen molar-refractivity contribution in [3.05, 3.63) is 200 Å². The molecule has 2 fully saturated rings. The van der Waals surface area contributed by atoms with E-state index < -0.39 is 11.9 Å². The van der Waals surface area contributed by atoms with Gasteiger partial charge in [-0.3, -0.25) is 19.2 Å². The monoisotopic (exact) mass is 1860 g/mol. The van der Waals surface area contributed by atoms with Gasteiger partial charge in [0.15, 0.2) is 11.5 Å². The number of thiazole rings is 1. The summed E-state index contributed by atoms with van der Waals surface area (Å²) in [4.78, 5) is 126. The molecular formula is C103H125NO24S3. The number of hydrogen-bond donors (Lipinski definition) is 0. The number of methoxy groups -OCH3 is 4. The number of nitrogens with zero attached hydrogens (tertiary/aromatic N) is 1. The number of Topliss-reactive ketones (excluding diaryl/α,β-unsaturated/α-hetero) is 2. The number of ketones is 2. The van der Waals surface area contributed by atoms with Crippen molar-refractivity contribution in [3.8, 4) is 114 Å². The first-order valence-corrected chi connectivity index (χ1v) is 45.4. The molecule has 2 aliphatic rings. The smallest absolute Gasteiger partial charge is 0.338 e. The second-order valence-corrected chi connectivity index (χ2v) is 32.3. The molecule has 3 heterocycles. The maximum absolute atomic E-state index is 13.3. The summed E-state index contributed by atoms with van der Waals surface area (Å²) < 4.78 is 73.5. The maximum Gasteiger partial charge on any atom is 0.338 e. The van der Waals surface area contributed by atoms with Crippen LogP contribution in [-0.4, -0.2) is 146 Å². The van der Waals surface area contributed by atoms with Crippen LogP contribution in [-0.2, 0) is 66.8 Å². The normalized spacial score (nSPS) is 13.6. The molecule has 0 unspecified atom stereocenters. The molecule has 0 N–H and O–H groups in total. The number of carbonyl (C=O) groups is 10. The minimum atomic E-state index is -0.444. The third kappa shape index (κ3) is 40.8. The lowest BCUT2D eigenvalue weighted by Crippen LogP contribution is -2.28. The van der Waals surface area contributed by atoms with Crippen molar-refractivity contribution in [2.24, 2.45) is 23.7 Å². The van der Waals surface area contributed by atoms with Gasteiger partial charge in [0.1, 0.15) is 61.3 Å². The molecule has 2 aliphatic carbocycles. The van der Waals surface area contributed by atoms with Crippen molar-refractivity contribution in [1.82, 2.24) is 4.98 Å². The first-order valence-electron chi connectivity index (χ1n) is 42.9. The predicted molar refractivity (Wildman–Crippen MR) is 517 cm³/mol. The Kier molecular flexibility index (Phi) is 50.2. The third-order valence-corrected chi connectivity index (χ3v) is 23.4. The van der Waals surface area contributed by atoms with Crippen LogP contribution in [0.1, 0.15) is 176 Å². The van der Waals surface area contributed by atoms with E-state index in [2.05, 4.69) is 67.8 Å². The number of carbonyl (C=O) groups excluding carboxylic acids is 10. The second kappa shape index (κ2) is 61.9. The third-order valence-electron chi connectivity index (χ3n) is 19.9. The molecular weight excluding hydrogens is 1730 g/mol. The molecule has 0 amide bonds. The van der Waals surface area contributed by atoms with E-state index in [4.69, 9.17) is 77.7 Å². The highest BCUT2D eigenvalue weighted by Gasteiger charge is 2.33. The van der Waals surface area contributed by atoms with Gasteiger partial charge in [0.05, 0.1) is 114 Å². The Bertz CT molecular complexity index is 5200. The number of terminal acetylenes is 1. The average molecular weight is 1860 g/mol. The summed E-state index contributed by atoms with van der Waals surface area (Å²) >= 11 is 4.49. The Morgan fingerprint density at radius 3 is 1.08 bits per heavy atom. The summed E-state index contributed by atoms with van der Waals surface area (Å²) in [5.41, 5.74) is 1.43. The van der Waals surface area contributed by atoms with Crippen molar-refractivity contribution < 1.29 is 123 Å². The first kappa shape index (κ1) is 106. The summed E-state index contributed by atoms with van der Waals surface area (Å²) in [5.74, 6) is 20.3. The van der Waals surface area contributed by atoms with E-state index in [0.29, 0.717) is 160 Å². The highest BCUT2D eigenvalue weighted by Crippen LogP contribution is 2.46. The summed E-state index contributed by atoms with van der Waals surface area (Å²) in [7, 11) is 6.40. The Labute approximate surface area is 787 Å². The summed E-state index contributed by atoms with van der Waals surface area (Å²) in [6.07, 6.45) is 25.0. The average Bonchev–Trinajstić information content (AvgIpc) is 1.62. The number of hydrogen-bond acceptors (Lipinski definition) is 28. The number of aromatic nitrogens is 1. The molecule has 0 aliphatic heterocycles. The molecule has 10 rings (SSSR count). The quantitative estimate of drug-likeness (QED) is 0.00855. The highest BCUT2D eigenvalue weighted by molar-refractivity contribution is 7.28. The van der Waals surface area contributed by atoms with Gasteiger partial charge >= 0.3 is 47.8 Å². The second-order valence-electron chi connectivity index (χ2n) is 29.1. The van der Waals surface area contributed by atoms with E-state index in [1.165, 1.54) is 17.4 Å². The molecule has 0 bridgehead atoms. The molecule has 131 heavy (non-hydrogen) atoms. The topological polar surface area (TPSA) is 313 Å². The van der Waals surface area contributed by atoms with Gasteiger partial charge in [0.2, 0.25) is 0 Å². The van der Waals surface area contributed by atoms with Crippen LogP contribution >= 0.6 is 34.0 Å². The number of benzene rings is 5. The van der Waals surface area contributed by atoms with Crippen LogP contribution < -0.4 is 37.9 Å². The fourth-order valence-electron chi connectivity index (χ4n) is 12.6. The number of fused-ring (bicyclic) bond motifs is 1. The van der Waals surface area contributed by atoms with E-state index in [0.717, 1.165) is 125 Å². The lowest BCUT2D eigenvalue weighted by atomic mass is 9.80. The van der Waals surface area contributed by atoms with Crippen LogP contribution in [0.25, 0.3) is 29.9 Å². The fourth-order valence-corrected chi connectivity index (χ4v) is 15.6. The Morgan fingerprint density at radius 1 is 0.366 bits per heavy atom. The lowest BCUT2D eigenvalue weighted by molar-refractivity contribution is -0.141. The van der Waals surface area contributed by atoms with Gasteiger partial charge in [0.25, 0.3) is 0 Å². The number of thiophene rings is 2. The van der Waals surface area contributed by atoms with E-state index in [-0.39, 0.29) is 86.2 Å². The largest absolute Gasteiger partial charge is 0.497 e. The van der Waals surface area contributed by atoms with Crippen molar-refractivity contribution in [3.63, 3.8) is 0 Å². The van der Waals surface area contributed by atoms with Crippen molar-refractivity contribution >= 4 is 104 Å². The van der Waals surface area contributed by atoms with Crippen LogP contribution in [0.5, 0.6) is 46.0 Å².